The van der Waals surface area contributed by atoms with Gasteiger partial charge in [-0.15, -0.1) is 0 Å². The normalized spacial score (nSPS) is 11.1. The summed E-state index contributed by atoms with van der Waals surface area (Å²) in [5, 5.41) is 0. The van der Waals surface area contributed by atoms with Crippen LogP contribution >= 0.6 is 0 Å². The highest BCUT2D eigenvalue weighted by molar-refractivity contribution is 6.34. The molecule has 0 fully saturated rings. The minimum absolute atomic E-state index is 0.207. The number of ketones is 1. The Morgan fingerprint density at radius 3 is 1.95 bits per heavy atom. The van der Waals surface area contributed by atoms with E-state index in [2.05, 4.69) is 4.99 Å². The summed E-state index contributed by atoms with van der Waals surface area (Å²) in [4.78, 5) is 16.5. The van der Waals surface area contributed by atoms with Crippen LogP contribution in [0.5, 0.6) is 0 Å². The fourth-order valence-electron chi connectivity index (χ4n) is 2.26. The number of benzene rings is 2. The zero-order chi connectivity index (χ0) is 15.2. The number of furan rings is 1. The average molecular weight is 289 g/mol. The molecular formula is C19H15NO2. The Morgan fingerprint density at radius 2 is 1.45 bits per heavy atom. The Labute approximate surface area is 128 Å². The maximum atomic E-state index is 12.0. The van der Waals surface area contributed by atoms with Gasteiger partial charge in [-0.3, -0.25) is 9.79 Å². The predicted molar refractivity (Wildman–Crippen MR) is 86.3 cm³/mol. The van der Waals surface area contributed by atoms with Crippen molar-refractivity contribution in [1.29, 1.82) is 0 Å². The number of hydrogen-bond donors (Lipinski definition) is 0. The number of carbonyl (C=O) groups is 1. The third-order valence-electron chi connectivity index (χ3n) is 3.34. The molecule has 3 rings (SSSR count). The van der Waals surface area contributed by atoms with Crippen molar-refractivity contribution >= 4 is 12.0 Å². The number of hydrogen-bond acceptors (Lipinski definition) is 3. The maximum absolute atomic E-state index is 12.0. The summed E-state index contributed by atoms with van der Waals surface area (Å²) in [6, 6.07) is 22.9. The molecule has 3 heteroatoms. The average Bonchev–Trinajstić information content (AvgIpc) is 3.11. The molecule has 0 unspecified atom stereocenters. The monoisotopic (exact) mass is 289 g/mol. The Balaban J connectivity index is 1.91. The SMILES string of the molecule is O=C(C=NC(c1ccccc1)c1ccccc1)c1ccco1. The molecule has 0 amide bonds. The molecule has 1 aromatic heterocycles. The van der Waals surface area contributed by atoms with Gasteiger partial charge >= 0.3 is 0 Å². The first-order valence-corrected chi connectivity index (χ1v) is 7.05. The molecule has 0 bridgehead atoms. The summed E-state index contributed by atoms with van der Waals surface area (Å²) in [5.74, 6) is 0.0606. The fraction of sp³-hybridized carbons (Fsp3) is 0.0526. The number of rotatable bonds is 5. The second-order valence-electron chi connectivity index (χ2n) is 4.84. The minimum atomic E-state index is -0.234. The Morgan fingerprint density at radius 1 is 0.864 bits per heavy atom. The van der Waals surface area contributed by atoms with E-state index in [4.69, 9.17) is 4.42 Å². The lowest BCUT2D eigenvalue weighted by Gasteiger charge is -2.13. The van der Waals surface area contributed by atoms with Crippen LogP contribution in [0.15, 0.2) is 88.5 Å². The van der Waals surface area contributed by atoms with E-state index in [1.54, 1.807) is 12.1 Å². The molecule has 3 aromatic rings. The molecule has 108 valence electrons. The summed E-state index contributed by atoms with van der Waals surface area (Å²) >= 11 is 0. The molecule has 0 N–H and O–H groups in total. The van der Waals surface area contributed by atoms with Crippen molar-refractivity contribution in [3.8, 4) is 0 Å². The van der Waals surface area contributed by atoms with Crippen LogP contribution in [0, 0.1) is 0 Å². The minimum Gasteiger partial charge on any atom is -0.461 e. The van der Waals surface area contributed by atoms with Gasteiger partial charge in [-0.25, -0.2) is 0 Å². The van der Waals surface area contributed by atoms with Gasteiger partial charge in [0, 0.05) is 0 Å². The van der Waals surface area contributed by atoms with Gasteiger partial charge in [0.1, 0.15) is 6.04 Å². The van der Waals surface area contributed by atoms with Gasteiger partial charge < -0.3 is 4.42 Å². The summed E-state index contributed by atoms with van der Waals surface area (Å²) in [6.07, 6.45) is 2.82. The molecule has 0 atom stereocenters. The second kappa shape index (κ2) is 6.68. The summed E-state index contributed by atoms with van der Waals surface area (Å²) in [5.41, 5.74) is 2.08. The molecule has 0 aliphatic carbocycles. The fourth-order valence-corrected chi connectivity index (χ4v) is 2.26. The second-order valence-corrected chi connectivity index (χ2v) is 4.84. The molecular weight excluding hydrogens is 274 g/mol. The topological polar surface area (TPSA) is 42.6 Å². The molecule has 1 heterocycles. The van der Waals surface area contributed by atoms with Crippen LogP contribution in [0.3, 0.4) is 0 Å². The van der Waals surface area contributed by atoms with E-state index in [9.17, 15) is 4.79 Å². The van der Waals surface area contributed by atoms with E-state index in [1.807, 2.05) is 60.7 Å². The van der Waals surface area contributed by atoms with Crippen molar-refractivity contribution in [2.45, 2.75) is 6.04 Å². The quantitative estimate of drug-likeness (QED) is 0.518. The highest BCUT2D eigenvalue weighted by Crippen LogP contribution is 2.25. The van der Waals surface area contributed by atoms with E-state index in [1.165, 1.54) is 12.5 Å². The van der Waals surface area contributed by atoms with Gasteiger partial charge in [0.15, 0.2) is 5.76 Å². The van der Waals surface area contributed by atoms with Crippen LogP contribution in [0.2, 0.25) is 0 Å². The van der Waals surface area contributed by atoms with Crippen molar-refractivity contribution < 1.29 is 9.21 Å². The summed E-state index contributed by atoms with van der Waals surface area (Å²) in [7, 11) is 0. The maximum Gasteiger partial charge on any atom is 0.238 e. The molecule has 2 aromatic carbocycles. The van der Waals surface area contributed by atoms with Gasteiger partial charge in [0.05, 0.1) is 12.5 Å². The molecule has 0 saturated heterocycles. The Hall–Kier alpha value is -2.94. The van der Waals surface area contributed by atoms with E-state index >= 15 is 0 Å². The Kier molecular flexibility index (Phi) is 4.25. The van der Waals surface area contributed by atoms with Gasteiger partial charge in [-0.05, 0) is 23.3 Å². The predicted octanol–water partition coefficient (Wildman–Crippen LogP) is 4.32. The van der Waals surface area contributed by atoms with E-state index in [0.29, 0.717) is 5.76 Å². The van der Waals surface area contributed by atoms with E-state index in [0.717, 1.165) is 11.1 Å². The largest absolute Gasteiger partial charge is 0.461 e. The molecule has 22 heavy (non-hydrogen) atoms. The molecule has 0 radical (unpaired) electrons. The first kappa shape index (κ1) is 14.0. The first-order chi connectivity index (χ1) is 10.8. The third kappa shape index (κ3) is 3.20. The number of carbonyl (C=O) groups excluding carboxylic acids is 1. The zero-order valence-electron chi connectivity index (χ0n) is 11.9. The number of nitrogens with zero attached hydrogens (tertiary/aromatic N) is 1. The first-order valence-electron chi connectivity index (χ1n) is 7.05. The van der Waals surface area contributed by atoms with Gasteiger partial charge in [0.25, 0.3) is 0 Å². The van der Waals surface area contributed by atoms with Crippen molar-refractivity contribution in [2.75, 3.05) is 0 Å². The Bertz CT molecular complexity index is 707. The summed E-state index contributed by atoms with van der Waals surface area (Å²) in [6.45, 7) is 0. The summed E-state index contributed by atoms with van der Waals surface area (Å²) < 4.78 is 5.10. The van der Waals surface area contributed by atoms with Crippen LogP contribution in [-0.2, 0) is 0 Å². The lowest BCUT2D eigenvalue weighted by Crippen LogP contribution is -2.03. The van der Waals surface area contributed by atoms with Crippen molar-refractivity contribution in [1.82, 2.24) is 0 Å². The smallest absolute Gasteiger partial charge is 0.238 e. The van der Waals surface area contributed by atoms with Crippen LogP contribution in [0.4, 0.5) is 0 Å². The highest BCUT2D eigenvalue weighted by atomic mass is 16.3. The van der Waals surface area contributed by atoms with Crippen molar-refractivity contribution in [3.63, 3.8) is 0 Å². The third-order valence-corrected chi connectivity index (χ3v) is 3.34. The van der Waals surface area contributed by atoms with Crippen molar-refractivity contribution in [3.05, 3.63) is 95.9 Å². The molecule has 0 spiro atoms. The lowest BCUT2D eigenvalue weighted by atomic mass is 9.99. The molecule has 0 aliphatic rings. The zero-order valence-corrected chi connectivity index (χ0v) is 11.9. The van der Waals surface area contributed by atoms with Gasteiger partial charge in [-0.1, -0.05) is 60.7 Å². The van der Waals surface area contributed by atoms with Crippen LogP contribution in [-0.4, -0.2) is 12.0 Å². The van der Waals surface area contributed by atoms with E-state index < -0.39 is 0 Å². The standard InChI is InChI=1S/C19H15NO2/c21-17(18-12-7-13-22-18)14-20-19(15-8-3-1-4-9-15)16-10-5-2-6-11-16/h1-14,19H. The van der Waals surface area contributed by atoms with Gasteiger partial charge in [0.2, 0.25) is 5.78 Å². The number of Topliss-reactive ketones (excluding diaryl/α,β-unsaturated/α-hetero) is 1. The molecule has 0 aliphatic heterocycles. The molecule has 0 saturated carbocycles. The molecule has 3 nitrogen and oxygen atoms in total. The van der Waals surface area contributed by atoms with Crippen LogP contribution < -0.4 is 0 Å². The van der Waals surface area contributed by atoms with E-state index in [-0.39, 0.29) is 11.8 Å². The van der Waals surface area contributed by atoms with Crippen LogP contribution in [0.1, 0.15) is 27.7 Å². The van der Waals surface area contributed by atoms with Crippen LogP contribution in [0.25, 0.3) is 0 Å². The highest BCUT2D eigenvalue weighted by Gasteiger charge is 2.13. The van der Waals surface area contributed by atoms with Crippen molar-refractivity contribution in [2.24, 2.45) is 4.99 Å². The van der Waals surface area contributed by atoms with Gasteiger partial charge in [-0.2, -0.15) is 0 Å². The lowest BCUT2D eigenvalue weighted by molar-refractivity contribution is 0.104. The number of aliphatic imine (C=N–C) groups is 1.